The van der Waals surface area contributed by atoms with Gasteiger partial charge in [-0.2, -0.15) is 9.40 Å². The zero-order valence-corrected chi connectivity index (χ0v) is 20.2. The van der Waals surface area contributed by atoms with Gasteiger partial charge in [-0.1, -0.05) is 46.8 Å². The van der Waals surface area contributed by atoms with Crippen molar-refractivity contribution in [2.45, 2.75) is 57.3 Å². The highest BCUT2D eigenvalue weighted by molar-refractivity contribution is 7.89. The molecule has 2 aromatic rings. The molecule has 1 unspecified atom stereocenters. The van der Waals surface area contributed by atoms with Crippen molar-refractivity contribution in [3.63, 3.8) is 0 Å². The summed E-state index contributed by atoms with van der Waals surface area (Å²) in [5.41, 5.74) is 2.39. The molecule has 2 heterocycles. The molecule has 31 heavy (non-hydrogen) atoms. The summed E-state index contributed by atoms with van der Waals surface area (Å²) in [7, 11) is -1.80. The van der Waals surface area contributed by atoms with E-state index in [4.69, 9.17) is 0 Å². The van der Waals surface area contributed by atoms with E-state index in [1.807, 2.05) is 18.2 Å². The molecule has 3 rings (SSSR count). The standard InChI is InChI=1S/C23H34N4O3S/c1-7-17(2)18-8-10-19(11-9-18)31(29,30)27-14-12-26(13-15-27)22(28)20-16-21(23(3,4)5)24-25(20)6/h8-11,16-17H,7,12-15H2,1-6H3. The van der Waals surface area contributed by atoms with Gasteiger partial charge >= 0.3 is 0 Å². The predicted molar refractivity (Wildman–Crippen MR) is 122 cm³/mol. The average Bonchev–Trinajstić information content (AvgIpc) is 3.15. The molecule has 8 heteroatoms. The van der Waals surface area contributed by atoms with E-state index >= 15 is 0 Å². The van der Waals surface area contributed by atoms with Crippen molar-refractivity contribution in [3.8, 4) is 0 Å². The summed E-state index contributed by atoms with van der Waals surface area (Å²) in [6.45, 7) is 11.7. The van der Waals surface area contributed by atoms with Gasteiger partial charge in [-0.15, -0.1) is 0 Å². The molecule has 1 aromatic carbocycles. The Morgan fingerprint density at radius 2 is 1.68 bits per heavy atom. The lowest BCUT2D eigenvalue weighted by atomic mass is 9.92. The third-order valence-electron chi connectivity index (χ3n) is 6.09. The third-order valence-corrected chi connectivity index (χ3v) is 8.01. The Kier molecular flexibility index (Phi) is 6.62. The van der Waals surface area contributed by atoms with E-state index in [0.717, 1.165) is 17.7 Å². The Bertz CT molecular complexity index is 1030. The van der Waals surface area contributed by atoms with Gasteiger partial charge in [-0.25, -0.2) is 8.42 Å². The molecule has 1 aliphatic rings. The zero-order valence-electron chi connectivity index (χ0n) is 19.4. The van der Waals surface area contributed by atoms with E-state index in [1.54, 1.807) is 28.8 Å². The minimum atomic E-state index is -3.57. The summed E-state index contributed by atoms with van der Waals surface area (Å²) >= 11 is 0. The molecule has 0 radical (unpaired) electrons. The molecule has 1 aromatic heterocycles. The number of sulfonamides is 1. The normalized spacial score (nSPS) is 17.0. The second kappa shape index (κ2) is 8.74. The van der Waals surface area contributed by atoms with E-state index in [0.29, 0.717) is 29.6 Å². The van der Waals surface area contributed by atoms with Crippen molar-refractivity contribution in [2.24, 2.45) is 7.05 Å². The van der Waals surface area contributed by atoms with Crippen LogP contribution in [0.25, 0.3) is 0 Å². The monoisotopic (exact) mass is 446 g/mol. The van der Waals surface area contributed by atoms with Gasteiger partial charge in [0.25, 0.3) is 5.91 Å². The Labute approximate surface area is 186 Å². The first-order valence-electron chi connectivity index (χ1n) is 10.9. The molecule has 0 aliphatic carbocycles. The van der Waals surface area contributed by atoms with Crippen LogP contribution in [0.15, 0.2) is 35.2 Å². The number of piperazine rings is 1. The first-order chi connectivity index (χ1) is 14.4. The summed E-state index contributed by atoms with van der Waals surface area (Å²) < 4.78 is 29.2. The molecular weight excluding hydrogens is 412 g/mol. The number of amides is 1. The highest BCUT2D eigenvalue weighted by atomic mass is 32.2. The van der Waals surface area contributed by atoms with Crippen LogP contribution in [-0.4, -0.2) is 59.5 Å². The van der Waals surface area contributed by atoms with Crippen LogP contribution in [0, 0.1) is 0 Å². The highest BCUT2D eigenvalue weighted by Crippen LogP contribution is 2.24. The number of hydrogen-bond acceptors (Lipinski definition) is 4. The third kappa shape index (κ3) is 4.85. The second-order valence-electron chi connectivity index (χ2n) is 9.36. The van der Waals surface area contributed by atoms with Gasteiger partial charge in [0.05, 0.1) is 10.6 Å². The van der Waals surface area contributed by atoms with Gasteiger partial charge in [0, 0.05) is 38.6 Å². The van der Waals surface area contributed by atoms with Crippen LogP contribution >= 0.6 is 0 Å². The van der Waals surface area contributed by atoms with Gasteiger partial charge in [-0.3, -0.25) is 9.48 Å². The maximum Gasteiger partial charge on any atom is 0.272 e. The van der Waals surface area contributed by atoms with Gasteiger partial charge in [0.2, 0.25) is 10.0 Å². The molecule has 170 valence electrons. The highest BCUT2D eigenvalue weighted by Gasteiger charge is 2.32. The molecule has 0 bridgehead atoms. The largest absolute Gasteiger partial charge is 0.335 e. The van der Waals surface area contributed by atoms with Crippen molar-refractivity contribution in [1.82, 2.24) is 19.0 Å². The number of nitrogens with zero attached hydrogens (tertiary/aromatic N) is 4. The van der Waals surface area contributed by atoms with Crippen molar-refractivity contribution < 1.29 is 13.2 Å². The number of rotatable bonds is 5. The lowest BCUT2D eigenvalue weighted by Crippen LogP contribution is -2.50. The van der Waals surface area contributed by atoms with Gasteiger partial charge in [0.1, 0.15) is 5.69 Å². The number of aromatic nitrogens is 2. The van der Waals surface area contributed by atoms with Crippen LogP contribution in [-0.2, 0) is 22.5 Å². The van der Waals surface area contributed by atoms with Crippen molar-refractivity contribution in [2.75, 3.05) is 26.2 Å². The summed E-state index contributed by atoms with van der Waals surface area (Å²) in [5, 5.41) is 4.48. The summed E-state index contributed by atoms with van der Waals surface area (Å²) in [4.78, 5) is 15.0. The molecule has 0 spiro atoms. The Hall–Kier alpha value is -2.19. The summed E-state index contributed by atoms with van der Waals surface area (Å²) in [6.07, 6.45) is 1.01. The lowest BCUT2D eigenvalue weighted by Gasteiger charge is -2.34. The molecule has 1 saturated heterocycles. The van der Waals surface area contributed by atoms with Crippen LogP contribution in [0.3, 0.4) is 0 Å². The SMILES string of the molecule is CCC(C)c1ccc(S(=O)(=O)N2CCN(C(=O)c3cc(C(C)(C)C)nn3C)CC2)cc1. The van der Waals surface area contributed by atoms with Crippen LogP contribution < -0.4 is 0 Å². The van der Waals surface area contributed by atoms with Crippen molar-refractivity contribution >= 4 is 15.9 Å². The van der Waals surface area contributed by atoms with E-state index < -0.39 is 10.0 Å². The molecule has 0 N–H and O–H groups in total. The van der Waals surface area contributed by atoms with Crippen molar-refractivity contribution in [3.05, 3.63) is 47.3 Å². The van der Waals surface area contributed by atoms with E-state index in [2.05, 4.69) is 39.7 Å². The number of hydrogen-bond donors (Lipinski definition) is 0. The number of carbonyl (C=O) groups is 1. The summed E-state index contributed by atoms with van der Waals surface area (Å²) in [6, 6.07) is 9.02. The fourth-order valence-electron chi connectivity index (χ4n) is 3.68. The second-order valence-corrected chi connectivity index (χ2v) is 11.3. The molecule has 7 nitrogen and oxygen atoms in total. The maximum atomic E-state index is 13.1. The first kappa shape index (κ1) is 23.5. The number of benzene rings is 1. The molecule has 0 saturated carbocycles. The quantitative estimate of drug-likeness (QED) is 0.706. The molecule has 1 atom stereocenters. The van der Waals surface area contributed by atoms with Gasteiger partial charge in [-0.05, 0) is 36.1 Å². The van der Waals surface area contributed by atoms with E-state index in [-0.39, 0.29) is 24.4 Å². The fraction of sp³-hybridized carbons (Fsp3) is 0.565. The minimum absolute atomic E-state index is 0.111. The van der Waals surface area contributed by atoms with Crippen LogP contribution in [0.1, 0.15) is 68.7 Å². The van der Waals surface area contributed by atoms with Crippen molar-refractivity contribution in [1.29, 1.82) is 0 Å². The smallest absolute Gasteiger partial charge is 0.272 e. The molecule has 1 fully saturated rings. The van der Waals surface area contributed by atoms with E-state index in [9.17, 15) is 13.2 Å². The van der Waals surface area contributed by atoms with E-state index in [1.165, 1.54) is 4.31 Å². The molecule has 1 aliphatic heterocycles. The number of carbonyl (C=O) groups excluding carboxylic acids is 1. The van der Waals surface area contributed by atoms with Gasteiger partial charge in [0.15, 0.2) is 0 Å². The molecular formula is C23H34N4O3S. The van der Waals surface area contributed by atoms with Gasteiger partial charge < -0.3 is 4.90 Å². The van der Waals surface area contributed by atoms with Crippen LogP contribution in [0.4, 0.5) is 0 Å². The first-order valence-corrected chi connectivity index (χ1v) is 12.3. The summed E-state index contributed by atoms with van der Waals surface area (Å²) in [5.74, 6) is 0.289. The zero-order chi connectivity index (χ0) is 23.0. The fourth-order valence-corrected chi connectivity index (χ4v) is 5.10. The number of aryl methyl sites for hydroxylation is 1. The Balaban J connectivity index is 1.69. The average molecular weight is 447 g/mol. The minimum Gasteiger partial charge on any atom is -0.335 e. The lowest BCUT2D eigenvalue weighted by molar-refractivity contribution is 0.0687. The van der Waals surface area contributed by atoms with Crippen LogP contribution in [0.5, 0.6) is 0 Å². The topological polar surface area (TPSA) is 75.5 Å². The van der Waals surface area contributed by atoms with Crippen LogP contribution in [0.2, 0.25) is 0 Å². The maximum absolute atomic E-state index is 13.1. The molecule has 1 amide bonds. The predicted octanol–water partition coefficient (Wildman–Crippen LogP) is 3.38. The Morgan fingerprint density at radius 1 is 1.10 bits per heavy atom. The Morgan fingerprint density at radius 3 is 2.16 bits per heavy atom.